The van der Waals surface area contributed by atoms with Crippen LogP contribution in [-0.4, -0.2) is 58.4 Å². The molecule has 0 amide bonds. The molecule has 0 heterocycles. The van der Waals surface area contributed by atoms with Gasteiger partial charge in [-0.15, -0.1) is 24.0 Å². The number of benzene rings is 2. The number of hydrogen-bond donors (Lipinski definition) is 2. The van der Waals surface area contributed by atoms with Crippen molar-refractivity contribution in [1.29, 1.82) is 0 Å². The fraction of sp³-hybridized carbons (Fsp3) is 0.409. The summed E-state index contributed by atoms with van der Waals surface area (Å²) in [7, 11) is 5.56. The summed E-state index contributed by atoms with van der Waals surface area (Å²) in [5.41, 5.74) is 2.37. The minimum atomic E-state index is 0. The molecule has 160 valence electrons. The number of nitrogens with zero attached hydrogens (tertiary/aromatic N) is 2. The molecular formula is C22H33IN4O2. The van der Waals surface area contributed by atoms with E-state index < -0.39 is 0 Å². The van der Waals surface area contributed by atoms with Crippen LogP contribution in [-0.2, 0) is 17.8 Å². The fourth-order valence-corrected chi connectivity index (χ4v) is 2.61. The summed E-state index contributed by atoms with van der Waals surface area (Å²) in [6.07, 6.45) is 0. The van der Waals surface area contributed by atoms with Crippen LogP contribution < -0.4 is 15.4 Å². The Morgan fingerprint density at radius 3 is 2.28 bits per heavy atom. The number of hydrogen-bond acceptors (Lipinski definition) is 4. The van der Waals surface area contributed by atoms with E-state index in [-0.39, 0.29) is 24.0 Å². The van der Waals surface area contributed by atoms with Crippen LogP contribution in [0.5, 0.6) is 5.75 Å². The van der Waals surface area contributed by atoms with Crippen LogP contribution in [0.25, 0.3) is 0 Å². The molecule has 0 aliphatic heterocycles. The molecule has 7 heteroatoms. The van der Waals surface area contributed by atoms with Crippen molar-refractivity contribution in [2.24, 2.45) is 4.99 Å². The number of methoxy groups -OCH3 is 1. The van der Waals surface area contributed by atoms with Crippen molar-refractivity contribution in [2.75, 3.05) is 47.5 Å². The second-order valence-electron chi connectivity index (χ2n) is 6.56. The third-order valence-electron chi connectivity index (χ3n) is 4.30. The summed E-state index contributed by atoms with van der Waals surface area (Å²) in [6, 6.07) is 18.4. The molecule has 0 saturated heterocycles. The van der Waals surface area contributed by atoms with Gasteiger partial charge in [0.05, 0.1) is 6.61 Å². The van der Waals surface area contributed by atoms with Gasteiger partial charge in [-0.1, -0.05) is 42.5 Å². The van der Waals surface area contributed by atoms with E-state index in [1.165, 1.54) is 5.56 Å². The summed E-state index contributed by atoms with van der Waals surface area (Å²) in [4.78, 5) is 6.47. The predicted molar refractivity (Wildman–Crippen MR) is 130 cm³/mol. The van der Waals surface area contributed by atoms with Crippen LogP contribution in [0.4, 0.5) is 0 Å². The number of rotatable bonds is 11. The molecule has 0 atom stereocenters. The summed E-state index contributed by atoms with van der Waals surface area (Å²) >= 11 is 0. The van der Waals surface area contributed by atoms with Crippen LogP contribution >= 0.6 is 24.0 Å². The Morgan fingerprint density at radius 2 is 1.59 bits per heavy atom. The maximum atomic E-state index is 5.88. The highest BCUT2D eigenvalue weighted by molar-refractivity contribution is 14.0. The Kier molecular flexibility index (Phi) is 13.1. The second-order valence-corrected chi connectivity index (χ2v) is 6.56. The fourth-order valence-electron chi connectivity index (χ4n) is 2.61. The molecule has 2 aromatic carbocycles. The molecule has 6 nitrogen and oxygen atoms in total. The Bertz CT molecular complexity index is 713. The quantitative estimate of drug-likeness (QED) is 0.275. The first-order valence-electron chi connectivity index (χ1n) is 9.59. The molecule has 0 aliphatic rings. The number of guanidine groups is 1. The van der Waals surface area contributed by atoms with Crippen LogP contribution in [0.2, 0.25) is 0 Å². The Labute approximate surface area is 191 Å². The van der Waals surface area contributed by atoms with Gasteiger partial charge in [-0.25, -0.2) is 0 Å². The van der Waals surface area contributed by atoms with Crippen LogP contribution in [0, 0.1) is 0 Å². The van der Waals surface area contributed by atoms with Crippen LogP contribution in [0.3, 0.4) is 0 Å². The summed E-state index contributed by atoms with van der Waals surface area (Å²) in [5, 5.41) is 6.67. The first-order valence-corrected chi connectivity index (χ1v) is 9.59. The van der Waals surface area contributed by atoms with Crippen molar-refractivity contribution in [3.63, 3.8) is 0 Å². The van der Waals surface area contributed by atoms with E-state index >= 15 is 0 Å². The van der Waals surface area contributed by atoms with Crippen LogP contribution in [0.1, 0.15) is 11.1 Å². The van der Waals surface area contributed by atoms with Crippen molar-refractivity contribution in [3.8, 4) is 5.75 Å². The number of aliphatic imine (C=N–C) groups is 1. The summed E-state index contributed by atoms with van der Waals surface area (Å²) in [5.74, 6) is 1.65. The molecule has 2 rings (SSSR count). The monoisotopic (exact) mass is 512 g/mol. The molecule has 2 aromatic rings. The Hall–Kier alpha value is -1.84. The summed E-state index contributed by atoms with van der Waals surface area (Å²) < 4.78 is 11.0. The molecule has 0 radical (unpaired) electrons. The van der Waals surface area contributed by atoms with Gasteiger partial charge in [0, 0.05) is 40.3 Å². The Morgan fingerprint density at radius 1 is 0.931 bits per heavy atom. The van der Waals surface area contributed by atoms with E-state index in [0.29, 0.717) is 13.2 Å². The highest BCUT2D eigenvalue weighted by atomic mass is 127. The van der Waals surface area contributed by atoms with E-state index in [1.54, 1.807) is 14.2 Å². The summed E-state index contributed by atoms with van der Waals surface area (Å²) in [6.45, 7) is 4.56. The lowest BCUT2D eigenvalue weighted by Crippen LogP contribution is -2.36. The van der Waals surface area contributed by atoms with Gasteiger partial charge in [0.25, 0.3) is 0 Å². The molecule has 2 N–H and O–H groups in total. The number of nitrogens with one attached hydrogen (secondary N) is 2. The molecule has 29 heavy (non-hydrogen) atoms. The minimum absolute atomic E-state index is 0. The first-order chi connectivity index (χ1) is 13.7. The van der Waals surface area contributed by atoms with Crippen molar-refractivity contribution < 1.29 is 9.47 Å². The molecule has 0 bridgehead atoms. The average molecular weight is 512 g/mol. The third-order valence-corrected chi connectivity index (χ3v) is 4.30. The molecule has 0 saturated carbocycles. The molecule has 0 aromatic heterocycles. The number of likely N-dealkylation sites (N-methyl/N-ethyl adjacent to an activating group) is 1. The SMILES string of the molecule is CN=C(NCc1ccccc1)NCc1cccc(OCCN(C)CCOC)c1.I. The lowest BCUT2D eigenvalue weighted by molar-refractivity contribution is 0.150. The molecule has 0 unspecified atom stereocenters. The second kappa shape index (κ2) is 15.1. The van der Waals surface area contributed by atoms with E-state index in [1.807, 2.05) is 30.3 Å². The number of ether oxygens (including phenoxy) is 2. The smallest absolute Gasteiger partial charge is 0.191 e. The van der Waals surface area contributed by atoms with Gasteiger partial charge in [0.2, 0.25) is 0 Å². The molecule has 0 spiro atoms. The van der Waals surface area contributed by atoms with Gasteiger partial charge < -0.3 is 25.0 Å². The number of halogens is 1. The van der Waals surface area contributed by atoms with Gasteiger partial charge in [-0.05, 0) is 30.3 Å². The maximum Gasteiger partial charge on any atom is 0.191 e. The highest BCUT2D eigenvalue weighted by Gasteiger charge is 2.02. The van der Waals surface area contributed by atoms with Crippen molar-refractivity contribution >= 4 is 29.9 Å². The Balaban J connectivity index is 0.00000420. The van der Waals surface area contributed by atoms with E-state index in [9.17, 15) is 0 Å². The van der Waals surface area contributed by atoms with Gasteiger partial charge in [-0.2, -0.15) is 0 Å². The van der Waals surface area contributed by atoms with E-state index in [0.717, 1.165) is 43.5 Å². The first kappa shape index (κ1) is 25.2. The van der Waals surface area contributed by atoms with Gasteiger partial charge in [-0.3, -0.25) is 4.99 Å². The molecule has 0 fully saturated rings. The van der Waals surface area contributed by atoms with Gasteiger partial charge in [0.15, 0.2) is 5.96 Å². The van der Waals surface area contributed by atoms with Gasteiger partial charge in [0.1, 0.15) is 12.4 Å². The average Bonchev–Trinajstić information content (AvgIpc) is 2.73. The van der Waals surface area contributed by atoms with Gasteiger partial charge >= 0.3 is 0 Å². The predicted octanol–water partition coefficient (Wildman–Crippen LogP) is 3.13. The van der Waals surface area contributed by atoms with E-state index in [2.05, 4.69) is 51.8 Å². The maximum absolute atomic E-state index is 5.88. The highest BCUT2D eigenvalue weighted by Crippen LogP contribution is 2.13. The minimum Gasteiger partial charge on any atom is -0.492 e. The molecular weight excluding hydrogens is 479 g/mol. The van der Waals surface area contributed by atoms with Crippen molar-refractivity contribution in [3.05, 3.63) is 65.7 Å². The zero-order valence-corrected chi connectivity index (χ0v) is 19.9. The topological polar surface area (TPSA) is 58.1 Å². The van der Waals surface area contributed by atoms with Crippen molar-refractivity contribution in [2.45, 2.75) is 13.1 Å². The standard InChI is InChI=1S/C22H32N4O2.HI/c1-23-22(24-17-19-8-5-4-6-9-19)25-18-20-10-7-11-21(16-20)28-15-13-26(2)12-14-27-3;/h4-11,16H,12-15,17-18H2,1-3H3,(H2,23,24,25);1H. The third kappa shape index (κ3) is 10.5. The van der Waals surface area contributed by atoms with Crippen LogP contribution in [0.15, 0.2) is 59.6 Å². The zero-order valence-electron chi connectivity index (χ0n) is 17.6. The zero-order chi connectivity index (χ0) is 20.0. The lowest BCUT2D eigenvalue weighted by atomic mass is 10.2. The largest absolute Gasteiger partial charge is 0.492 e. The lowest BCUT2D eigenvalue weighted by Gasteiger charge is -2.16. The van der Waals surface area contributed by atoms with E-state index in [4.69, 9.17) is 9.47 Å². The molecule has 0 aliphatic carbocycles. The van der Waals surface area contributed by atoms with Crippen molar-refractivity contribution in [1.82, 2.24) is 15.5 Å². The normalized spacial score (nSPS) is 11.1.